The van der Waals surface area contributed by atoms with Crippen LogP contribution in [0.5, 0.6) is 0 Å². The zero-order valence-corrected chi connectivity index (χ0v) is 32.7. The molecule has 16 heteroatoms. The lowest BCUT2D eigenvalue weighted by Crippen LogP contribution is -3.00. The highest BCUT2D eigenvalue weighted by molar-refractivity contribution is 7.49. The number of hydrogen-bond acceptors (Lipinski definition) is 3. The molecule has 4 aromatic rings. The van der Waals surface area contributed by atoms with Crippen molar-refractivity contribution in [2.24, 2.45) is 0 Å². The molecule has 0 aromatic heterocycles. The zero-order chi connectivity index (χ0) is 36.8. The highest BCUT2D eigenvalue weighted by Gasteiger charge is 2.30. The molecule has 1 aliphatic heterocycles. The standard InChI is InChI=1S/C21H24Cl2N2O2.C14H10Cl3NO.CH4.B4.ClH/c1-25(2,18-9-11-27-12-10-18)14-15-3-6-17(7-4-15)24-21(26)16-5-8-19(22)20(23)13-16;15-8-9-1-4-11(5-2-9)18-14(19)10-3-6-12(16)13(17)7-10;;1-4(2)3;/h3-8,13,18H,9-12,14H2,1-2H3;1-7H,8H2,(H,18,19);1H4;;1H. The maximum absolute atomic E-state index is 12.4. The summed E-state index contributed by atoms with van der Waals surface area (Å²) in [5.74, 6) is -0.00193. The van der Waals surface area contributed by atoms with Gasteiger partial charge in [0.05, 0.1) is 53.4 Å². The molecular formula is C36H39B4Cl6N3O3. The van der Waals surface area contributed by atoms with Crippen LogP contribution in [0.1, 0.15) is 52.1 Å². The maximum Gasteiger partial charge on any atom is 0.255 e. The monoisotopic (exact) mass is 815 g/mol. The van der Waals surface area contributed by atoms with Gasteiger partial charge in [-0.15, -0.1) is 11.6 Å². The summed E-state index contributed by atoms with van der Waals surface area (Å²) in [6.07, 6.45) is 1.54. The van der Waals surface area contributed by atoms with E-state index in [2.05, 4.69) is 60.1 Å². The number of amides is 2. The minimum Gasteiger partial charge on any atom is -1.00 e. The van der Waals surface area contributed by atoms with Crippen molar-refractivity contribution in [3.63, 3.8) is 0 Å². The van der Waals surface area contributed by atoms with Gasteiger partial charge < -0.3 is 32.3 Å². The van der Waals surface area contributed by atoms with E-state index in [-0.39, 0.29) is 31.6 Å². The molecule has 6 nitrogen and oxygen atoms in total. The predicted octanol–water partition coefficient (Wildman–Crippen LogP) is 6.10. The number of halogens is 6. The lowest BCUT2D eigenvalue weighted by molar-refractivity contribution is -0.929. The molecule has 0 aliphatic carbocycles. The quantitative estimate of drug-likeness (QED) is 0.128. The summed E-state index contributed by atoms with van der Waals surface area (Å²) in [4.78, 5) is 24.4. The van der Waals surface area contributed by atoms with E-state index in [0.717, 1.165) is 48.3 Å². The SMILES string of the molecule is C.C[N+](C)(Cc1ccc(NC(=O)c2ccc(Cl)c(Cl)c2)cc1)C1CCOCC1.O=C(Nc1ccc(CCl)cc1)c1ccc(Cl)c(Cl)c1.[B]B([B])[B].[Cl-]. The second kappa shape index (κ2) is 23.5. The molecule has 1 saturated heterocycles. The Labute approximate surface area is 343 Å². The number of carbonyl (C=O) groups is 2. The number of rotatable bonds is 8. The Bertz CT molecular complexity index is 1710. The molecule has 0 bridgehead atoms. The normalized spacial score (nSPS) is 12.3. The van der Waals surface area contributed by atoms with Gasteiger partial charge in [-0.2, -0.15) is 0 Å². The average Bonchev–Trinajstić information content (AvgIpc) is 3.08. The number of hydrogen-bond donors (Lipinski definition) is 2. The van der Waals surface area contributed by atoms with Crippen LogP contribution in [-0.2, 0) is 17.2 Å². The minimum absolute atomic E-state index is 0. The van der Waals surface area contributed by atoms with Crippen LogP contribution in [0.2, 0.25) is 20.1 Å². The molecule has 4 aromatic carbocycles. The Balaban J connectivity index is 0.000000475. The molecule has 6 radical (unpaired) electrons. The van der Waals surface area contributed by atoms with E-state index in [9.17, 15) is 9.59 Å². The number of ether oxygens (including phenoxy) is 1. The van der Waals surface area contributed by atoms with Gasteiger partial charge in [0, 0.05) is 76.4 Å². The Morgan fingerprint density at radius 3 is 1.46 bits per heavy atom. The fourth-order valence-electron chi connectivity index (χ4n) is 5.04. The van der Waals surface area contributed by atoms with Crippen molar-refractivity contribution in [1.29, 1.82) is 0 Å². The molecule has 0 atom stereocenters. The molecule has 2 amide bonds. The first-order chi connectivity index (χ1) is 23.7. The van der Waals surface area contributed by atoms with Gasteiger partial charge in [-0.1, -0.05) is 78.1 Å². The number of carbonyl (C=O) groups excluding carboxylic acids is 2. The van der Waals surface area contributed by atoms with Crippen LogP contribution in [0, 0.1) is 0 Å². The number of benzene rings is 4. The zero-order valence-electron chi connectivity index (χ0n) is 28.2. The lowest BCUT2D eigenvalue weighted by Gasteiger charge is -2.40. The molecule has 1 heterocycles. The predicted molar refractivity (Wildman–Crippen MR) is 221 cm³/mol. The third kappa shape index (κ3) is 16.0. The van der Waals surface area contributed by atoms with Crippen molar-refractivity contribution in [3.05, 3.63) is 127 Å². The van der Waals surface area contributed by atoms with Gasteiger partial charge >= 0.3 is 0 Å². The molecule has 5 rings (SSSR count). The second-order valence-electron chi connectivity index (χ2n) is 12.1. The Morgan fingerprint density at radius 2 is 1.10 bits per heavy atom. The van der Waals surface area contributed by atoms with Gasteiger partial charge in [0.1, 0.15) is 6.54 Å². The van der Waals surface area contributed by atoms with Crippen molar-refractivity contribution in [1.82, 2.24) is 0 Å². The van der Waals surface area contributed by atoms with Gasteiger partial charge in [0.15, 0.2) is 0 Å². The molecule has 2 N–H and O–H groups in total. The van der Waals surface area contributed by atoms with Crippen LogP contribution in [0.25, 0.3) is 0 Å². The third-order valence-corrected chi connectivity index (χ3v) is 9.50. The molecule has 0 spiro atoms. The van der Waals surface area contributed by atoms with E-state index >= 15 is 0 Å². The number of quaternary nitrogens is 1. The Kier molecular flexibility index (Phi) is 21.6. The van der Waals surface area contributed by atoms with Gasteiger partial charge in [-0.25, -0.2) is 0 Å². The fraction of sp³-hybridized carbons (Fsp3) is 0.278. The van der Waals surface area contributed by atoms with Crippen LogP contribution in [-0.4, -0.2) is 79.2 Å². The first-order valence-corrected chi connectivity index (χ1v) is 17.7. The molecule has 1 fully saturated rings. The lowest BCUT2D eigenvalue weighted by atomic mass is 9.08. The first-order valence-electron chi connectivity index (χ1n) is 15.6. The Morgan fingerprint density at radius 1 is 0.712 bits per heavy atom. The van der Waals surface area contributed by atoms with E-state index in [0.29, 0.717) is 48.8 Å². The van der Waals surface area contributed by atoms with Gasteiger partial charge in [0.25, 0.3) is 11.8 Å². The molecule has 52 heavy (non-hydrogen) atoms. The van der Waals surface area contributed by atoms with Crippen LogP contribution in [0.4, 0.5) is 11.4 Å². The Hall–Kier alpha value is -2.26. The van der Waals surface area contributed by atoms with Crippen molar-refractivity contribution < 1.29 is 31.2 Å². The molecule has 1 aliphatic rings. The first kappa shape index (κ1) is 47.8. The third-order valence-electron chi connectivity index (χ3n) is 7.71. The van der Waals surface area contributed by atoms with E-state index < -0.39 is 6.39 Å². The number of anilines is 2. The average molecular weight is 818 g/mol. The van der Waals surface area contributed by atoms with E-state index in [4.69, 9.17) is 62.7 Å². The van der Waals surface area contributed by atoms with Crippen LogP contribution < -0.4 is 23.0 Å². The summed E-state index contributed by atoms with van der Waals surface area (Å²) in [5.41, 5.74) is 4.63. The maximum atomic E-state index is 12.4. The van der Waals surface area contributed by atoms with Gasteiger partial charge in [0.2, 0.25) is 0 Å². The van der Waals surface area contributed by atoms with Gasteiger partial charge in [-0.3, -0.25) is 9.59 Å². The van der Waals surface area contributed by atoms with Crippen LogP contribution in [0.3, 0.4) is 0 Å². The van der Waals surface area contributed by atoms with E-state index in [1.54, 1.807) is 42.5 Å². The van der Waals surface area contributed by atoms with Crippen molar-refractivity contribution in [2.75, 3.05) is 37.9 Å². The number of alkyl halides is 1. The highest BCUT2D eigenvalue weighted by atomic mass is 35.5. The summed E-state index contributed by atoms with van der Waals surface area (Å²) in [6.45, 7) is 2.66. The molecular weight excluding hydrogens is 778 g/mol. The summed E-state index contributed by atoms with van der Waals surface area (Å²) in [7, 11) is 18.5. The van der Waals surface area contributed by atoms with Gasteiger partial charge in [-0.05, 0) is 66.2 Å². The summed E-state index contributed by atoms with van der Waals surface area (Å²) < 4.78 is 6.43. The number of nitrogens with one attached hydrogen (secondary N) is 2. The molecule has 0 saturated carbocycles. The van der Waals surface area contributed by atoms with Crippen molar-refractivity contribution >= 4 is 111 Å². The molecule has 0 unspecified atom stereocenters. The summed E-state index contributed by atoms with van der Waals surface area (Å²) in [6, 6.07) is 25.6. The largest absolute Gasteiger partial charge is 1.00 e. The van der Waals surface area contributed by atoms with Crippen molar-refractivity contribution in [2.45, 2.75) is 38.7 Å². The second-order valence-corrected chi connectivity index (χ2v) is 13.9. The topological polar surface area (TPSA) is 67.4 Å². The van der Waals surface area contributed by atoms with Crippen molar-refractivity contribution in [3.8, 4) is 0 Å². The summed E-state index contributed by atoms with van der Waals surface area (Å²) in [5, 5.41) is 7.24. The smallest absolute Gasteiger partial charge is 0.255 e. The minimum atomic E-state index is -0.667. The van der Waals surface area contributed by atoms with Crippen LogP contribution in [0.15, 0.2) is 84.9 Å². The highest BCUT2D eigenvalue weighted by Crippen LogP contribution is 2.26. The van der Waals surface area contributed by atoms with Crippen LogP contribution >= 0.6 is 58.0 Å². The van der Waals surface area contributed by atoms with E-state index in [1.165, 1.54) is 11.6 Å². The summed E-state index contributed by atoms with van der Waals surface area (Å²) >= 11 is 29.3. The molecule has 270 valence electrons. The van der Waals surface area contributed by atoms with E-state index in [1.807, 2.05) is 24.3 Å². The fourth-order valence-corrected chi connectivity index (χ4v) is 5.81. The number of nitrogens with zero attached hydrogens (tertiary/aromatic N) is 1.